The van der Waals surface area contributed by atoms with Gasteiger partial charge in [0.15, 0.2) is 11.6 Å². The Kier molecular flexibility index (Phi) is 8.42. The normalized spacial score (nSPS) is 11.5. The fourth-order valence-corrected chi connectivity index (χ4v) is 9.17. The van der Waals surface area contributed by atoms with Crippen molar-refractivity contribution in [3.63, 3.8) is 0 Å². The highest BCUT2D eigenvalue weighted by atomic mass is 15.2. The summed E-state index contributed by atoms with van der Waals surface area (Å²) in [5, 5.41) is 4.65. The number of benzene rings is 9. The number of hydrogen-bond acceptors (Lipinski definition) is 3. The molecule has 12 aromatic rings. The highest BCUT2D eigenvalue weighted by Crippen LogP contribution is 2.41. The lowest BCUT2D eigenvalue weighted by atomic mass is 9.99. The third-order valence-electron chi connectivity index (χ3n) is 12.0. The highest BCUT2D eigenvalue weighted by Gasteiger charge is 2.23. The van der Waals surface area contributed by atoms with E-state index in [4.69, 9.17) is 15.0 Å². The van der Waals surface area contributed by atoms with Gasteiger partial charge in [0.2, 0.25) is 5.95 Å². The van der Waals surface area contributed by atoms with Gasteiger partial charge in [-0.15, -0.1) is 0 Å². The molecule has 290 valence electrons. The van der Waals surface area contributed by atoms with Gasteiger partial charge < -0.3 is 4.57 Å². The van der Waals surface area contributed by atoms with Gasteiger partial charge in [-0.25, -0.2) is 4.98 Å². The molecule has 0 N–H and O–H groups in total. The summed E-state index contributed by atoms with van der Waals surface area (Å²) in [6.07, 6.45) is 0. The number of fused-ring (bicyclic) bond motifs is 6. The molecular formula is C57H37N5. The van der Waals surface area contributed by atoms with Crippen LogP contribution in [0.25, 0.3) is 111 Å². The summed E-state index contributed by atoms with van der Waals surface area (Å²) >= 11 is 0. The molecule has 5 nitrogen and oxygen atoms in total. The van der Waals surface area contributed by atoms with Crippen molar-refractivity contribution in [3.8, 4) is 67.8 Å². The molecule has 3 aromatic heterocycles. The van der Waals surface area contributed by atoms with Crippen molar-refractivity contribution in [2.24, 2.45) is 0 Å². The molecule has 0 bridgehead atoms. The zero-order valence-corrected chi connectivity index (χ0v) is 33.6. The Labute approximate surface area is 358 Å². The molecule has 0 saturated heterocycles. The molecule has 9 aromatic carbocycles. The standard InChI is InChI=1S/C57H37N5/c1-4-19-38(20-5-1)41-25-18-26-42(35-41)55-58-56(47-31-11-10-27-43(47)39-21-6-2-7-22-39)60-57(59-55)62-52-34-17-14-30-46(52)49-36-48-45-29-13-16-33-51(45)61(53(48)37-54(49)62)50-32-15-12-28-44(50)40-23-8-3-9-24-40/h1-37H. The van der Waals surface area contributed by atoms with Crippen LogP contribution in [-0.4, -0.2) is 24.1 Å². The predicted octanol–water partition coefficient (Wildman–Crippen LogP) is 14.4. The number of para-hydroxylation sites is 3. The van der Waals surface area contributed by atoms with Crippen molar-refractivity contribution < 1.29 is 0 Å². The van der Waals surface area contributed by atoms with Gasteiger partial charge in [-0.3, -0.25) is 4.57 Å². The summed E-state index contributed by atoms with van der Waals surface area (Å²) in [6.45, 7) is 0. The summed E-state index contributed by atoms with van der Waals surface area (Å²) in [7, 11) is 0. The van der Waals surface area contributed by atoms with E-state index in [2.05, 4.69) is 221 Å². The van der Waals surface area contributed by atoms with Gasteiger partial charge in [0.05, 0.1) is 27.8 Å². The molecule has 0 aliphatic rings. The van der Waals surface area contributed by atoms with Crippen molar-refractivity contribution in [3.05, 3.63) is 224 Å². The van der Waals surface area contributed by atoms with Crippen molar-refractivity contribution in [1.29, 1.82) is 0 Å². The molecule has 0 saturated carbocycles. The molecule has 5 heteroatoms. The van der Waals surface area contributed by atoms with Gasteiger partial charge in [-0.1, -0.05) is 188 Å². The highest BCUT2D eigenvalue weighted by molar-refractivity contribution is 6.19. The van der Waals surface area contributed by atoms with E-state index in [1.165, 1.54) is 16.3 Å². The summed E-state index contributed by atoms with van der Waals surface area (Å²) in [5.41, 5.74) is 14.0. The largest absolute Gasteiger partial charge is 0.309 e. The number of rotatable bonds is 7. The van der Waals surface area contributed by atoms with E-state index in [1.807, 2.05) is 12.1 Å². The zero-order valence-electron chi connectivity index (χ0n) is 33.6. The summed E-state index contributed by atoms with van der Waals surface area (Å²) in [5.74, 6) is 1.76. The van der Waals surface area contributed by atoms with Crippen LogP contribution in [0, 0.1) is 0 Å². The van der Waals surface area contributed by atoms with Gasteiger partial charge in [0, 0.05) is 38.2 Å². The molecule has 0 atom stereocenters. The lowest BCUT2D eigenvalue weighted by Crippen LogP contribution is -2.07. The third-order valence-corrected chi connectivity index (χ3v) is 12.0. The van der Waals surface area contributed by atoms with Crippen LogP contribution in [0.4, 0.5) is 0 Å². The Morgan fingerprint density at radius 3 is 1.44 bits per heavy atom. The first-order valence-electron chi connectivity index (χ1n) is 21.0. The first-order valence-corrected chi connectivity index (χ1v) is 21.0. The second-order valence-corrected chi connectivity index (χ2v) is 15.6. The molecule has 0 fully saturated rings. The van der Waals surface area contributed by atoms with E-state index >= 15 is 0 Å². The van der Waals surface area contributed by atoms with Crippen molar-refractivity contribution >= 4 is 43.6 Å². The van der Waals surface area contributed by atoms with Crippen LogP contribution in [0.5, 0.6) is 0 Å². The second kappa shape index (κ2) is 14.7. The third kappa shape index (κ3) is 5.90. The van der Waals surface area contributed by atoms with E-state index in [0.717, 1.165) is 77.5 Å². The van der Waals surface area contributed by atoms with Crippen LogP contribution in [0.1, 0.15) is 0 Å². The lowest BCUT2D eigenvalue weighted by Gasteiger charge is -2.15. The van der Waals surface area contributed by atoms with E-state index in [1.54, 1.807) is 0 Å². The van der Waals surface area contributed by atoms with Crippen molar-refractivity contribution in [2.45, 2.75) is 0 Å². The first-order chi connectivity index (χ1) is 30.8. The van der Waals surface area contributed by atoms with Crippen LogP contribution < -0.4 is 0 Å². The Balaban J connectivity index is 1.16. The molecule has 12 rings (SSSR count). The SMILES string of the molecule is c1ccc(-c2cccc(-c3nc(-c4ccccc4-c4ccccc4)nc(-n4c5ccccc5c5cc6c7ccccc7n(-c7ccccc7-c7ccccc7)c6cc54)n3)c2)cc1. The minimum atomic E-state index is 0.552. The fourth-order valence-electron chi connectivity index (χ4n) is 9.17. The fraction of sp³-hybridized carbons (Fsp3) is 0. The second-order valence-electron chi connectivity index (χ2n) is 15.6. The monoisotopic (exact) mass is 791 g/mol. The molecular weight excluding hydrogens is 755 g/mol. The topological polar surface area (TPSA) is 48.5 Å². The van der Waals surface area contributed by atoms with Crippen LogP contribution in [0.15, 0.2) is 224 Å². The Bertz CT molecular complexity index is 3620. The zero-order chi connectivity index (χ0) is 41.0. The molecule has 0 radical (unpaired) electrons. The Morgan fingerprint density at radius 1 is 0.258 bits per heavy atom. The quantitative estimate of drug-likeness (QED) is 0.162. The van der Waals surface area contributed by atoms with Crippen molar-refractivity contribution in [1.82, 2.24) is 24.1 Å². The maximum Gasteiger partial charge on any atom is 0.238 e. The first kappa shape index (κ1) is 35.5. The minimum Gasteiger partial charge on any atom is -0.309 e. The van der Waals surface area contributed by atoms with Crippen LogP contribution in [0.3, 0.4) is 0 Å². The van der Waals surface area contributed by atoms with Crippen LogP contribution >= 0.6 is 0 Å². The molecule has 0 amide bonds. The smallest absolute Gasteiger partial charge is 0.238 e. The molecule has 0 aliphatic heterocycles. The molecule has 0 unspecified atom stereocenters. The maximum atomic E-state index is 5.43. The average molecular weight is 792 g/mol. The van der Waals surface area contributed by atoms with Gasteiger partial charge in [-0.2, -0.15) is 9.97 Å². The number of aromatic nitrogens is 5. The Morgan fingerprint density at radius 2 is 0.742 bits per heavy atom. The van der Waals surface area contributed by atoms with E-state index in [0.29, 0.717) is 17.6 Å². The van der Waals surface area contributed by atoms with Gasteiger partial charge in [0.25, 0.3) is 0 Å². The van der Waals surface area contributed by atoms with Crippen LogP contribution in [0.2, 0.25) is 0 Å². The van der Waals surface area contributed by atoms with Gasteiger partial charge in [0.1, 0.15) is 0 Å². The molecule has 0 spiro atoms. The van der Waals surface area contributed by atoms with Crippen LogP contribution in [-0.2, 0) is 0 Å². The Hall–Kier alpha value is -8.41. The summed E-state index contributed by atoms with van der Waals surface area (Å²) < 4.78 is 4.65. The maximum absolute atomic E-state index is 5.43. The minimum absolute atomic E-state index is 0.552. The van der Waals surface area contributed by atoms with E-state index in [-0.39, 0.29) is 0 Å². The van der Waals surface area contributed by atoms with E-state index < -0.39 is 0 Å². The molecule has 3 heterocycles. The number of nitrogens with zero attached hydrogens (tertiary/aromatic N) is 5. The predicted molar refractivity (Wildman–Crippen MR) is 256 cm³/mol. The van der Waals surface area contributed by atoms with Crippen molar-refractivity contribution in [2.75, 3.05) is 0 Å². The van der Waals surface area contributed by atoms with Gasteiger partial charge >= 0.3 is 0 Å². The lowest BCUT2D eigenvalue weighted by molar-refractivity contribution is 0.954. The summed E-state index contributed by atoms with van der Waals surface area (Å²) in [4.78, 5) is 16.1. The molecule has 0 aliphatic carbocycles. The number of hydrogen-bond donors (Lipinski definition) is 0. The molecule has 62 heavy (non-hydrogen) atoms. The van der Waals surface area contributed by atoms with Gasteiger partial charge in [-0.05, 0) is 64.2 Å². The van der Waals surface area contributed by atoms with E-state index in [9.17, 15) is 0 Å². The summed E-state index contributed by atoms with van der Waals surface area (Å²) in [6, 6.07) is 79.2. The average Bonchev–Trinajstić information content (AvgIpc) is 3.85.